The van der Waals surface area contributed by atoms with Gasteiger partial charge in [-0.05, 0) is 18.6 Å². The molecule has 0 saturated carbocycles. The summed E-state index contributed by atoms with van der Waals surface area (Å²) in [5, 5.41) is 14.5. The number of carboxylic acids is 1. The van der Waals surface area contributed by atoms with Crippen LogP contribution in [-0.4, -0.2) is 47.1 Å². The lowest BCUT2D eigenvalue weighted by atomic mass is 10.2. The lowest BCUT2D eigenvalue weighted by Gasteiger charge is -2.27. The molecule has 2 heterocycles. The highest BCUT2D eigenvalue weighted by molar-refractivity contribution is 6.29. The number of nitrogens with one attached hydrogen (secondary N) is 2. The van der Waals surface area contributed by atoms with Crippen LogP contribution < -0.4 is 10.6 Å². The van der Waals surface area contributed by atoms with E-state index in [0.717, 1.165) is 13.0 Å². The summed E-state index contributed by atoms with van der Waals surface area (Å²) in [7, 11) is 0. The number of halogens is 1. The summed E-state index contributed by atoms with van der Waals surface area (Å²) in [5.41, 5.74) is 0.873. The quantitative estimate of drug-likeness (QED) is 0.651. The largest absolute Gasteiger partial charge is 0.481 e. The van der Waals surface area contributed by atoms with E-state index in [-0.39, 0.29) is 24.3 Å². The van der Waals surface area contributed by atoms with E-state index in [1.807, 2.05) is 0 Å². The van der Waals surface area contributed by atoms with Gasteiger partial charge in [-0.3, -0.25) is 9.59 Å². The Morgan fingerprint density at radius 3 is 2.81 bits per heavy atom. The number of rotatable bonds is 7. The summed E-state index contributed by atoms with van der Waals surface area (Å²) in [6.07, 6.45) is 0.898. The second-order valence-corrected chi connectivity index (χ2v) is 4.88. The van der Waals surface area contributed by atoms with Gasteiger partial charge in [-0.25, -0.2) is 4.98 Å². The maximum Gasteiger partial charge on any atom is 0.309 e. The highest BCUT2D eigenvalue weighted by atomic mass is 35.5. The molecule has 8 heteroatoms. The smallest absolute Gasteiger partial charge is 0.309 e. The predicted octanol–water partition coefficient (Wildman–Crippen LogP) is 1.09. The third-order valence-corrected chi connectivity index (χ3v) is 3.21. The fourth-order valence-corrected chi connectivity index (χ4v) is 1.90. The van der Waals surface area contributed by atoms with E-state index in [1.54, 1.807) is 12.1 Å². The standard InChI is InChI=1S/C13H16ClN3O4/c14-6-11(18)17-10-2-1-8(5-12(19)20)16-13(10)15-7-9-3-4-21-9/h1-2,9H,3-7H2,(H,15,16)(H,17,18)(H,19,20)/t9-/m0/s1. The van der Waals surface area contributed by atoms with E-state index >= 15 is 0 Å². The maximum absolute atomic E-state index is 11.4. The fourth-order valence-electron chi connectivity index (χ4n) is 1.83. The van der Waals surface area contributed by atoms with Crippen LogP contribution in [0.3, 0.4) is 0 Å². The average Bonchev–Trinajstić information content (AvgIpc) is 2.38. The lowest BCUT2D eigenvalue weighted by Crippen LogP contribution is -2.34. The zero-order valence-electron chi connectivity index (χ0n) is 11.3. The molecular weight excluding hydrogens is 298 g/mol. The van der Waals surface area contributed by atoms with Gasteiger partial charge < -0.3 is 20.5 Å². The second-order valence-electron chi connectivity index (χ2n) is 4.61. The van der Waals surface area contributed by atoms with Crippen LogP contribution in [0.25, 0.3) is 0 Å². The van der Waals surface area contributed by atoms with Crippen molar-refractivity contribution in [3.63, 3.8) is 0 Å². The summed E-state index contributed by atoms with van der Waals surface area (Å²) < 4.78 is 5.30. The molecule has 0 unspecified atom stereocenters. The van der Waals surface area contributed by atoms with Gasteiger partial charge in [0, 0.05) is 13.2 Å². The minimum atomic E-state index is -0.965. The zero-order valence-corrected chi connectivity index (χ0v) is 12.0. The number of carbonyl (C=O) groups is 2. The number of aromatic nitrogens is 1. The molecule has 0 aliphatic carbocycles. The number of aliphatic carboxylic acids is 1. The number of anilines is 2. The minimum Gasteiger partial charge on any atom is -0.481 e. The Hall–Kier alpha value is -1.86. The van der Waals surface area contributed by atoms with Gasteiger partial charge in [0.15, 0.2) is 0 Å². The normalized spacial score (nSPS) is 16.9. The zero-order chi connectivity index (χ0) is 15.2. The van der Waals surface area contributed by atoms with Crippen LogP contribution in [0.5, 0.6) is 0 Å². The van der Waals surface area contributed by atoms with Gasteiger partial charge in [-0.2, -0.15) is 0 Å². The number of ether oxygens (including phenoxy) is 1. The first-order valence-corrected chi connectivity index (χ1v) is 7.05. The molecule has 1 saturated heterocycles. The van der Waals surface area contributed by atoms with Crippen LogP contribution in [0.15, 0.2) is 12.1 Å². The van der Waals surface area contributed by atoms with E-state index < -0.39 is 5.97 Å². The Morgan fingerprint density at radius 2 is 2.24 bits per heavy atom. The van der Waals surface area contributed by atoms with Gasteiger partial charge in [-0.1, -0.05) is 0 Å². The molecule has 1 atom stereocenters. The van der Waals surface area contributed by atoms with Gasteiger partial charge in [0.2, 0.25) is 5.91 Å². The Kier molecular flexibility index (Phi) is 5.35. The molecule has 2 rings (SSSR count). The Morgan fingerprint density at radius 1 is 1.48 bits per heavy atom. The first-order valence-electron chi connectivity index (χ1n) is 6.51. The maximum atomic E-state index is 11.4. The average molecular weight is 314 g/mol. The van der Waals surface area contributed by atoms with Crippen LogP contribution in [0, 0.1) is 0 Å². The van der Waals surface area contributed by atoms with Crippen molar-refractivity contribution in [3.8, 4) is 0 Å². The second kappa shape index (κ2) is 7.24. The topological polar surface area (TPSA) is 101 Å². The first kappa shape index (κ1) is 15.5. The number of nitrogens with zero attached hydrogens (tertiary/aromatic N) is 1. The van der Waals surface area contributed by atoms with Crippen molar-refractivity contribution in [2.75, 3.05) is 29.7 Å². The molecule has 21 heavy (non-hydrogen) atoms. The molecular formula is C13H16ClN3O4. The van der Waals surface area contributed by atoms with Crippen molar-refractivity contribution < 1.29 is 19.4 Å². The van der Waals surface area contributed by atoms with E-state index in [1.165, 1.54) is 0 Å². The molecule has 1 aromatic heterocycles. The molecule has 1 aromatic rings. The molecule has 1 fully saturated rings. The van der Waals surface area contributed by atoms with E-state index in [2.05, 4.69) is 15.6 Å². The number of hydrogen-bond acceptors (Lipinski definition) is 5. The Balaban J connectivity index is 2.12. The Bertz CT molecular complexity index is 534. The summed E-state index contributed by atoms with van der Waals surface area (Å²) in [5.74, 6) is -1.06. The van der Waals surface area contributed by atoms with Gasteiger partial charge in [-0.15, -0.1) is 11.6 Å². The van der Waals surface area contributed by atoms with Gasteiger partial charge in [0.05, 0.1) is 23.9 Å². The van der Waals surface area contributed by atoms with Crippen molar-refractivity contribution in [2.45, 2.75) is 18.9 Å². The van der Waals surface area contributed by atoms with Gasteiger partial charge in [0.25, 0.3) is 0 Å². The number of alkyl halides is 1. The Labute approximate surface area is 126 Å². The molecule has 7 nitrogen and oxygen atoms in total. The molecule has 1 aliphatic heterocycles. The molecule has 0 aromatic carbocycles. The first-order chi connectivity index (χ1) is 10.1. The number of hydrogen-bond donors (Lipinski definition) is 3. The summed E-state index contributed by atoms with van der Waals surface area (Å²) in [6.45, 7) is 1.29. The van der Waals surface area contributed by atoms with Crippen molar-refractivity contribution in [2.24, 2.45) is 0 Å². The van der Waals surface area contributed by atoms with Crippen LogP contribution in [0.1, 0.15) is 12.1 Å². The van der Waals surface area contributed by atoms with Crippen molar-refractivity contribution in [1.29, 1.82) is 0 Å². The minimum absolute atomic E-state index is 0.117. The van der Waals surface area contributed by atoms with Crippen LogP contribution in [-0.2, 0) is 20.7 Å². The fraction of sp³-hybridized carbons (Fsp3) is 0.462. The SMILES string of the molecule is O=C(O)Cc1ccc(NC(=O)CCl)c(NC[C@@H]2CCO2)n1. The van der Waals surface area contributed by atoms with Crippen molar-refractivity contribution in [3.05, 3.63) is 17.8 Å². The van der Waals surface area contributed by atoms with Crippen molar-refractivity contribution in [1.82, 2.24) is 4.98 Å². The summed E-state index contributed by atoms with van der Waals surface area (Å²) in [4.78, 5) is 26.4. The molecule has 0 bridgehead atoms. The van der Waals surface area contributed by atoms with E-state index in [9.17, 15) is 9.59 Å². The van der Waals surface area contributed by atoms with Gasteiger partial charge in [0.1, 0.15) is 11.7 Å². The predicted molar refractivity (Wildman–Crippen MR) is 77.8 cm³/mol. The molecule has 114 valence electrons. The highest BCUT2D eigenvalue weighted by Gasteiger charge is 2.19. The monoisotopic (exact) mass is 313 g/mol. The van der Waals surface area contributed by atoms with Gasteiger partial charge >= 0.3 is 5.97 Å². The summed E-state index contributed by atoms with van der Waals surface area (Å²) >= 11 is 5.46. The third-order valence-electron chi connectivity index (χ3n) is 2.97. The van der Waals surface area contributed by atoms with Crippen molar-refractivity contribution >= 4 is 35.0 Å². The van der Waals surface area contributed by atoms with Crippen LogP contribution in [0.4, 0.5) is 11.5 Å². The van der Waals surface area contributed by atoms with Crippen LogP contribution >= 0.6 is 11.6 Å². The number of amides is 1. The molecule has 3 N–H and O–H groups in total. The highest BCUT2D eigenvalue weighted by Crippen LogP contribution is 2.21. The van der Waals surface area contributed by atoms with Crippen LogP contribution in [0.2, 0.25) is 0 Å². The molecule has 0 spiro atoms. The molecule has 1 amide bonds. The summed E-state index contributed by atoms with van der Waals surface area (Å²) in [6, 6.07) is 3.17. The number of carboxylic acid groups (broad SMARTS) is 1. The van der Waals surface area contributed by atoms with E-state index in [4.69, 9.17) is 21.4 Å². The molecule has 0 radical (unpaired) electrons. The molecule has 1 aliphatic rings. The third kappa shape index (κ3) is 4.57. The van der Waals surface area contributed by atoms with E-state index in [0.29, 0.717) is 23.7 Å². The number of pyridine rings is 1. The number of carbonyl (C=O) groups excluding carboxylic acids is 1. The lowest BCUT2D eigenvalue weighted by molar-refractivity contribution is -0.136.